The second-order valence-corrected chi connectivity index (χ2v) is 8.05. The largest absolute Gasteiger partial charge is 0.339 e. The Labute approximate surface area is 175 Å². The van der Waals surface area contributed by atoms with Crippen molar-refractivity contribution in [1.82, 2.24) is 9.80 Å². The van der Waals surface area contributed by atoms with Crippen molar-refractivity contribution in [3.05, 3.63) is 70.2 Å². The fourth-order valence-corrected chi connectivity index (χ4v) is 4.04. The second kappa shape index (κ2) is 10.4. The zero-order valence-electron chi connectivity index (χ0n) is 16.1. The van der Waals surface area contributed by atoms with Gasteiger partial charge in [-0.3, -0.25) is 9.59 Å². The Kier molecular flexibility index (Phi) is 7.66. The van der Waals surface area contributed by atoms with Gasteiger partial charge in [-0.2, -0.15) is 0 Å². The molecule has 0 spiro atoms. The van der Waals surface area contributed by atoms with Gasteiger partial charge in [0.05, 0.1) is 0 Å². The summed E-state index contributed by atoms with van der Waals surface area (Å²) in [5.74, 6) is 0.378. The molecule has 0 radical (unpaired) electrons. The fourth-order valence-electron chi connectivity index (χ4n) is 3.55. The lowest BCUT2D eigenvalue weighted by atomic mass is 10.1. The monoisotopic (exact) mass is 442 g/mol. The molecule has 0 N–H and O–H groups in total. The van der Waals surface area contributed by atoms with E-state index in [2.05, 4.69) is 28.1 Å². The average molecular weight is 443 g/mol. The molecule has 148 valence electrons. The van der Waals surface area contributed by atoms with Gasteiger partial charge >= 0.3 is 0 Å². The van der Waals surface area contributed by atoms with Crippen molar-refractivity contribution >= 4 is 27.7 Å². The van der Waals surface area contributed by atoms with Gasteiger partial charge in [-0.25, -0.2) is 0 Å². The van der Waals surface area contributed by atoms with Crippen molar-refractivity contribution in [2.24, 2.45) is 0 Å². The molecule has 2 aromatic rings. The van der Waals surface area contributed by atoms with Crippen LogP contribution >= 0.6 is 15.9 Å². The standard InChI is InChI=1S/C23H27BrN2O2/c24-21-11-5-4-10-20(21)13-14-23(28)26-17-15-25(16-18-26)22(27)12-6-9-19-7-2-1-3-8-19/h1-5,7-8,10-11H,6,9,12-18H2. The van der Waals surface area contributed by atoms with E-state index in [1.165, 1.54) is 5.56 Å². The first kappa shape index (κ1) is 20.6. The fraction of sp³-hybridized carbons (Fsp3) is 0.391. The maximum atomic E-state index is 12.5. The van der Waals surface area contributed by atoms with Crippen LogP contribution in [0.25, 0.3) is 0 Å². The van der Waals surface area contributed by atoms with Gasteiger partial charge < -0.3 is 9.80 Å². The number of carbonyl (C=O) groups is 2. The quantitative estimate of drug-likeness (QED) is 0.647. The number of halogens is 1. The summed E-state index contributed by atoms with van der Waals surface area (Å²) in [7, 11) is 0. The molecular weight excluding hydrogens is 416 g/mol. The highest BCUT2D eigenvalue weighted by atomic mass is 79.9. The van der Waals surface area contributed by atoms with Crippen molar-refractivity contribution in [2.45, 2.75) is 32.1 Å². The van der Waals surface area contributed by atoms with Crippen LogP contribution in [0.4, 0.5) is 0 Å². The number of aryl methyl sites for hydroxylation is 2. The zero-order chi connectivity index (χ0) is 19.8. The lowest BCUT2D eigenvalue weighted by molar-refractivity contribution is -0.139. The van der Waals surface area contributed by atoms with Gasteiger partial charge in [0, 0.05) is 43.5 Å². The summed E-state index contributed by atoms with van der Waals surface area (Å²) in [6.07, 6.45) is 3.62. The van der Waals surface area contributed by atoms with Gasteiger partial charge in [0.1, 0.15) is 0 Å². The van der Waals surface area contributed by atoms with E-state index in [1.807, 2.05) is 52.3 Å². The number of piperazine rings is 1. The molecule has 1 aliphatic rings. The van der Waals surface area contributed by atoms with E-state index < -0.39 is 0 Å². The molecule has 1 heterocycles. The van der Waals surface area contributed by atoms with Crippen LogP contribution in [0.1, 0.15) is 30.4 Å². The molecule has 2 amide bonds. The summed E-state index contributed by atoms with van der Waals surface area (Å²) in [5, 5.41) is 0. The predicted octanol–water partition coefficient (Wildman–Crippen LogP) is 4.08. The number of hydrogen-bond donors (Lipinski definition) is 0. The normalized spacial score (nSPS) is 14.2. The Hall–Kier alpha value is -2.14. The second-order valence-electron chi connectivity index (χ2n) is 7.19. The van der Waals surface area contributed by atoms with E-state index in [1.54, 1.807) is 0 Å². The molecule has 2 aromatic carbocycles. The topological polar surface area (TPSA) is 40.6 Å². The molecular formula is C23H27BrN2O2. The smallest absolute Gasteiger partial charge is 0.223 e. The number of benzene rings is 2. The summed E-state index contributed by atoms with van der Waals surface area (Å²) in [4.78, 5) is 28.7. The van der Waals surface area contributed by atoms with E-state index in [0.717, 1.165) is 29.3 Å². The molecule has 3 rings (SSSR count). The lowest BCUT2D eigenvalue weighted by Gasteiger charge is -2.35. The molecule has 4 nitrogen and oxygen atoms in total. The first-order valence-corrected chi connectivity index (χ1v) is 10.8. The van der Waals surface area contributed by atoms with Gasteiger partial charge in [0.25, 0.3) is 0 Å². The van der Waals surface area contributed by atoms with Gasteiger partial charge in [-0.15, -0.1) is 0 Å². The Morgan fingerprint density at radius 3 is 1.96 bits per heavy atom. The van der Waals surface area contributed by atoms with Crippen LogP contribution in [-0.4, -0.2) is 47.8 Å². The summed E-state index contributed by atoms with van der Waals surface area (Å²) in [5.41, 5.74) is 2.43. The van der Waals surface area contributed by atoms with Crippen LogP contribution in [0, 0.1) is 0 Å². The Bertz CT molecular complexity index is 786. The highest BCUT2D eigenvalue weighted by molar-refractivity contribution is 9.10. The summed E-state index contributed by atoms with van der Waals surface area (Å²) >= 11 is 3.53. The van der Waals surface area contributed by atoms with Gasteiger partial charge in [0.2, 0.25) is 11.8 Å². The van der Waals surface area contributed by atoms with Crippen molar-refractivity contribution in [2.75, 3.05) is 26.2 Å². The maximum absolute atomic E-state index is 12.5. The Morgan fingerprint density at radius 1 is 0.750 bits per heavy atom. The van der Waals surface area contributed by atoms with Crippen molar-refractivity contribution in [3.8, 4) is 0 Å². The van der Waals surface area contributed by atoms with Crippen molar-refractivity contribution < 1.29 is 9.59 Å². The third-order valence-electron chi connectivity index (χ3n) is 5.25. The maximum Gasteiger partial charge on any atom is 0.223 e. The van der Waals surface area contributed by atoms with Crippen LogP contribution in [-0.2, 0) is 22.4 Å². The molecule has 1 saturated heterocycles. The molecule has 1 aliphatic heterocycles. The summed E-state index contributed by atoms with van der Waals surface area (Å²) in [6, 6.07) is 18.3. The first-order chi connectivity index (χ1) is 13.6. The molecule has 0 aliphatic carbocycles. The lowest BCUT2D eigenvalue weighted by Crippen LogP contribution is -2.50. The SMILES string of the molecule is O=C(CCCc1ccccc1)N1CCN(C(=O)CCc2ccccc2Br)CC1. The predicted molar refractivity (Wildman–Crippen MR) is 115 cm³/mol. The number of carbonyl (C=O) groups excluding carboxylic acids is 2. The minimum absolute atomic E-state index is 0.173. The third kappa shape index (κ3) is 5.93. The molecule has 0 aromatic heterocycles. The number of rotatable bonds is 7. The van der Waals surface area contributed by atoms with E-state index in [-0.39, 0.29) is 11.8 Å². The molecule has 5 heteroatoms. The van der Waals surface area contributed by atoms with Crippen molar-refractivity contribution in [3.63, 3.8) is 0 Å². The zero-order valence-corrected chi connectivity index (χ0v) is 17.7. The van der Waals surface area contributed by atoms with Crippen LogP contribution in [0.2, 0.25) is 0 Å². The van der Waals surface area contributed by atoms with Gasteiger partial charge in [0.15, 0.2) is 0 Å². The number of nitrogens with zero attached hydrogens (tertiary/aromatic N) is 2. The molecule has 0 saturated carbocycles. The molecule has 0 unspecified atom stereocenters. The Morgan fingerprint density at radius 2 is 1.32 bits per heavy atom. The minimum Gasteiger partial charge on any atom is -0.339 e. The average Bonchev–Trinajstić information content (AvgIpc) is 2.74. The van der Waals surface area contributed by atoms with E-state index in [4.69, 9.17) is 0 Å². The van der Waals surface area contributed by atoms with E-state index >= 15 is 0 Å². The van der Waals surface area contributed by atoms with Crippen LogP contribution in [0.15, 0.2) is 59.1 Å². The van der Waals surface area contributed by atoms with Gasteiger partial charge in [-0.1, -0.05) is 64.5 Å². The molecule has 28 heavy (non-hydrogen) atoms. The van der Waals surface area contributed by atoms with Crippen LogP contribution < -0.4 is 0 Å². The Balaban J connectivity index is 1.37. The highest BCUT2D eigenvalue weighted by Gasteiger charge is 2.23. The van der Waals surface area contributed by atoms with Crippen LogP contribution in [0.5, 0.6) is 0 Å². The highest BCUT2D eigenvalue weighted by Crippen LogP contribution is 2.18. The number of amides is 2. The van der Waals surface area contributed by atoms with Crippen LogP contribution in [0.3, 0.4) is 0 Å². The minimum atomic E-state index is 0.173. The molecule has 1 fully saturated rings. The summed E-state index contributed by atoms with van der Waals surface area (Å²) in [6.45, 7) is 2.56. The first-order valence-electron chi connectivity index (χ1n) is 9.96. The van der Waals surface area contributed by atoms with Gasteiger partial charge in [-0.05, 0) is 36.5 Å². The third-order valence-corrected chi connectivity index (χ3v) is 6.02. The summed E-state index contributed by atoms with van der Waals surface area (Å²) < 4.78 is 1.05. The van der Waals surface area contributed by atoms with E-state index in [0.29, 0.717) is 39.0 Å². The number of hydrogen-bond acceptors (Lipinski definition) is 2. The van der Waals surface area contributed by atoms with E-state index in [9.17, 15) is 9.59 Å². The molecule has 0 bridgehead atoms. The molecule has 0 atom stereocenters. The van der Waals surface area contributed by atoms with Crippen molar-refractivity contribution in [1.29, 1.82) is 0 Å².